The van der Waals surface area contributed by atoms with E-state index in [1.54, 1.807) is 30.3 Å². The van der Waals surface area contributed by atoms with Gasteiger partial charge in [-0.05, 0) is 24.3 Å². The van der Waals surface area contributed by atoms with Crippen molar-refractivity contribution < 1.29 is 9.21 Å². The molecule has 2 rings (SSSR count). The maximum absolute atomic E-state index is 10.5. The molecule has 0 saturated heterocycles. The van der Waals surface area contributed by atoms with Crippen LogP contribution in [0, 0.1) is 0 Å². The third-order valence-corrected chi connectivity index (χ3v) is 2.78. The Morgan fingerprint density at radius 1 is 1.13 bits per heavy atom. The van der Waals surface area contributed by atoms with Crippen LogP contribution in [0.2, 0.25) is 10.0 Å². The van der Waals surface area contributed by atoms with Crippen LogP contribution in [0.15, 0.2) is 34.7 Å². The zero-order valence-corrected chi connectivity index (χ0v) is 9.05. The highest BCUT2D eigenvalue weighted by atomic mass is 35.5. The lowest BCUT2D eigenvalue weighted by Crippen LogP contribution is -1.77. The Balaban J connectivity index is 2.53. The van der Waals surface area contributed by atoms with Gasteiger partial charge in [-0.25, -0.2) is 0 Å². The maximum Gasteiger partial charge on any atom is 0.185 e. The highest BCUT2D eigenvalue weighted by molar-refractivity contribution is 6.43. The van der Waals surface area contributed by atoms with Crippen molar-refractivity contribution >= 4 is 29.5 Å². The highest BCUT2D eigenvalue weighted by Gasteiger charge is 2.10. The molecule has 0 aliphatic rings. The van der Waals surface area contributed by atoms with Crippen molar-refractivity contribution in [2.45, 2.75) is 0 Å². The van der Waals surface area contributed by atoms with Gasteiger partial charge in [-0.2, -0.15) is 0 Å². The predicted octanol–water partition coefficient (Wildman–Crippen LogP) is 4.07. The lowest BCUT2D eigenvalue weighted by molar-refractivity contribution is 0.110. The number of furan rings is 1. The molecule has 2 aromatic rings. The molecule has 0 atom stereocenters. The largest absolute Gasteiger partial charge is 0.453 e. The molecule has 0 unspecified atom stereocenters. The van der Waals surface area contributed by atoms with E-state index in [1.165, 1.54) is 0 Å². The van der Waals surface area contributed by atoms with Gasteiger partial charge in [-0.15, -0.1) is 0 Å². The second kappa shape index (κ2) is 4.09. The maximum atomic E-state index is 10.5. The van der Waals surface area contributed by atoms with Crippen LogP contribution >= 0.6 is 23.2 Å². The molecule has 1 heterocycles. The summed E-state index contributed by atoms with van der Waals surface area (Å²) in [6, 6.07) is 8.51. The third kappa shape index (κ3) is 1.91. The Hall–Kier alpha value is -1.25. The molecule has 0 saturated carbocycles. The van der Waals surface area contributed by atoms with Crippen molar-refractivity contribution in [1.82, 2.24) is 0 Å². The lowest BCUT2D eigenvalue weighted by atomic mass is 10.2. The second-order valence-corrected chi connectivity index (χ2v) is 3.71. The Morgan fingerprint density at radius 3 is 2.60 bits per heavy atom. The first-order valence-electron chi connectivity index (χ1n) is 4.22. The van der Waals surface area contributed by atoms with Crippen LogP contribution in [0.1, 0.15) is 10.6 Å². The number of halogens is 2. The molecule has 76 valence electrons. The van der Waals surface area contributed by atoms with Crippen LogP contribution in [0.25, 0.3) is 11.3 Å². The molecule has 0 radical (unpaired) electrons. The smallest absolute Gasteiger partial charge is 0.185 e. The Kier molecular flexibility index (Phi) is 2.80. The fourth-order valence-electron chi connectivity index (χ4n) is 1.26. The number of rotatable bonds is 2. The Morgan fingerprint density at radius 2 is 1.93 bits per heavy atom. The fourth-order valence-corrected chi connectivity index (χ4v) is 1.65. The van der Waals surface area contributed by atoms with E-state index in [4.69, 9.17) is 27.6 Å². The van der Waals surface area contributed by atoms with E-state index >= 15 is 0 Å². The Bertz CT molecular complexity index is 503. The summed E-state index contributed by atoms with van der Waals surface area (Å²) in [5.74, 6) is 0.797. The molecule has 15 heavy (non-hydrogen) atoms. The zero-order chi connectivity index (χ0) is 10.8. The van der Waals surface area contributed by atoms with Gasteiger partial charge < -0.3 is 4.42 Å². The first-order valence-corrected chi connectivity index (χ1v) is 4.97. The topological polar surface area (TPSA) is 30.2 Å². The van der Waals surface area contributed by atoms with E-state index in [0.717, 1.165) is 0 Å². The SMILES string of the molecule is O=Cc1ccc(-c2cccc(Cl)c2Cl)o1. The predicted molar refractivity (Wildman–Crippen MR) is 59.6 cm³/mol. The summed E-state index contributed by atoms with van der Waals surface area (Å²) >= 11 is 11.9. The monoisotopic (exact) mass is 240 g/mol. The quantitative estimate of drug-likeness (QED) is 0.742. The van der Waals surface area contributed by atoms with E-state index in [1.807, 2.05) is 0 Å². The van der Waals surface area contributed by atoms with Gasteiger partial charge >= 0.3 is 0 Å². The van der Waals surface area contributed by atoms with Crippen molar-refractivity contribution in [3.8, 4) is 11.3 Å². The first kappa shape index (κ1) is 10.3. The van der Waals surface area contributed by atoms with E-state index in [0.29, 0.717) is 27.7 Å². The summed E-state index contributed by atoms with van der Waals surface area (Å²) in [4.78, 5) is 10.5. The zero-order valence-electron chi connectivity index (χ0n) is 7.54. The molecule has 0 aliphatic carbocycles. The molecule has 0 N–H and O–H groups in total. The van der Waals surface area contributed by atoms with E-state index in [9.17, 15) is 4.79 Å². The second-order valence-electron chi connectivity index (χ2n) is 2.92. The van der Waals surface area contributed by atoms with Gasteiger partial charge in [0, 0.05) is 5.56 Å². The molecular weight excluding hydrogens is 235 g/mol. The van der Waals surface area contributed by atoms with Crippen LogP contribution in [-0.2, 0) is 0 Å². The average Bonchev–Trinajstić information content (AvgIpc) is 2.70. The molecule has 0 aliphatic heterocycles. The molecule has 0 amide bonds. The van der Waals surface area contributed by atoms with Crippen molar-refractivity contribution in [2.75, 3.05) is 0 Å². The molecule has 0 spiro atoms. The van der Waals surface area contributed by atoms with Crippen LogP contribution in [0.4, 0.5) is 0 Å². The highest BCUT2D eigenvalue weighted by Crippen LogP contribution is 2.33. The third-order valence-electron chi connectivity index (χ3n) is 1.96. The van der Waals surface area contributed by atoms with Gasteiger partial charge in [0.1, 0.15) is 5.76 Å². The van der Waals surface area contributed by atoms with Crippen LogP contribution in [0.3, 0.4) is 0 Å². The normalized spacial score (nSPS) is 10.3. The van der Waals surface area contributed by atoms with Gasteiger partial charge in [0.25, 0.3) is 0 Å². The number of carbonyl (C=O) groups excluding carboxylic acids is 1. The number of benzene rings is 1. The minimum atomic E-state index is 0.265. The van der Waals surface area contributed by atoms with Crippen molar-refractivity contribution in [2.24, 2.45) is 0 Å². The lowest BCUT2D eigenvalue weighted by Gasteiger charge is -2.01. The van der Waals surface area contributed by atoms with Gasteiger partial charge in [0.05, 0.1) is 10.0 Å². The molecule has 0 bridgehead atoms. The summed E-state index contributed by atoms with van der Waals surface area (Å²) in [6.07, 6.45) is 0.641. The molecule has 0 fully saturated rings. The van der Waals surface area contributed by atoms with Crippen molar-refractivity contribution in [3.05, 3.63) is 46.1 Å². The van der Waals surface area contributed by atoms with Gasteiger partial charge in [0.2, 0.25) is 0 Å². The number of hydrogen-bond acceptors (Lipinski definition) is 2. The Labute approximate surface area is 96.4 Å². The van der Waals surface area contributed by atoms with Gasteiger partial charge in [0.15, 0.2) is 12.0 Å². The number of carbonyl (C=O) groups is 1. The van der Waals surface area contributed by atoms with Crippen molar-refractivity contribution in [1.29, 1.82) is 0 Å². The number of aldehydes is 1. The fraction of sp³-hybridized carbons (Fsp3) is 0. The average molecular weight is 241 g/mol. The minimum Gasteiger partial charge on any atom is -0.453 e. The van der Waals surface area contributed by atoms with E-state index in [2.05, 4.69) is 0 Å². The summed E-state index contributed by atoms with van der Waals surface area (Å²) < 4.78 is 5.24. The molecule has 1 aromatic carbocycles. The van der Waals surface area contributed by atoms with Gasteiger partial charge in [-0.1, -0.05) is 29.3 Å². The van der Waals surface area contributed by atoms with Crippen LogP contribution in [0.5, 0.6) is 0 Å². The molecular formula is C11H6Cl2O2. The van der Waals surface area contributed by atoms with Crippen LogP contribution < -0.4 is 0 Å². The standard InChI is InChI=1S/C11H6Cl2O2/c12-9-3-1-2-8(11(9)13)10-5-4-7(6-14)15-10/h1-6H. The van der Waals surface area contributed by atoms with Crippen LogP contribution in [-0.4, -0.2) is 6.29 Å². The van der Waals surface area contributed by atoms with E-state index < -0.39 is 0 Å². The van der Waals surface area contributed by atoms with E-state index in [-0.39, 0.29) is 5.76 Å². The summed E-state index contributed by atoms with van der Waals surface area (Å²) in [7, 11) is 0. The molecule has 1 aromatic heterocycles. The molecule has 4 heteroatoms. The first-order chi connectivity index (χ1) is 7.22. The van der Waals surface area contributed by atoms with Crippen molar-refractivity contribution in [3.63, 3.8) is 0 Å². The number of hydrogen-bond donors (Lipinski definition) is 0. The van der Waals surface area contributed by atoms with Gasteiger partial charge in [-0.3, -0.25) is 4.79 Å². The summed E-state index contributed by atoms with van der Waals surface area (Å²) in [5, 5.41) is 0.879. The summed E-state index contributed by atoms with van der Waals surface area (Å²) in [6.45, 7) is 0. The summed E-state index contributed by atoms with van der Waals surface area (Å²) in [5.41, 5.74) is 0.678. The molecule has 2 nitrogen and oxygen atoms in total. The minimum absolute atomic E-state index is 0.265.